The third kappa shape index (κ3) is 3.47. The van der Waals surface area contributed by atoms with Crippen LogP contribution in [0.1, 0.15) is 22.7 Å². The quantitative estimate of drug-likeness (QED) is 0.525. The first-order chi connectivity index (χ1) is 13.7. The van der Waals surface area contributed by atoms with Crippen LogP contribution in [0.5, 0.6) is 11.5 Å². The van der Waals surface area contributed by atoms with Crippen molar-refractivity contribution in [2.45, 2.75) is 13.0 Å². The van der Waals surface area contributed by atoms with Crippen LogP contribution in [0.4, 0.5) is 5.82 Å². The predicted molar refractivity (Wildman–Crippen MR) is 111 cm³/mol. The van der Waals surface area contributed by atoms with Gasteiger partial charge in [0.1, 0.15) is 22.8 Å². The van der Waals surface area contributed by atoms with E-state index in [1.807, 2.05) is 67.6 Å². The Balaban J connectivity index is 1.86. The summed E-state index contributed by atoms with van der Waals surface area (Å²) in [5.41, 5.74) is 3.36. The predicted octanol–water partition coefficient (Wildman–Crippen LogP) is 4.85. The van der Waals surface area contributed by atoms with Crippen molar-refractivity contribution in [3.63, 3.8) is 0 Å². The van der Waals surface area contributed by atoms with Crippen LogP contribution in [0.2, 0.25) is 0 Å². The van der Waals surface area contributed by atoms with Crippen molar-refractivity contribution < 1.29 is 9.84 Å². The number of phenolic OH excluding ortho intramolecular Hbond substituents is 1. The highest BCUT2D eigenvalue weighted by molar-refractivity contribution is 5.86. The summed E-state index contributed by atoms with van der Waals surface area (Å²) in [4.78, 5) is 8.78. The summed E-state index contributed by atoms with van der Waals surface area (Å²) in [6.07, 6.45) is 3.45. The average molecular weight is 371 g/mol. The highest BCUT2D eigenvalue weighted by atomic mass is 16.5. The van der Waals surface area contributed by atoms with E-state index in [-0.39, 0.29) is 11.8 Å². The maximum absolute atomic E-state index is 11.0. The van der Waals surface area contributed by atoms with Crippen molar-refractivity contribution in [2.24, 2.45) is 0 Å². The molecule has 0 fully saturated rings. The lowest BCUT2D eigenvalue weighted by Gasteiger charge is -2.22. The molecule has 4 aromatic rings. The van der Waals surface area contributed by atoms with Gasteiger partial charge in [-0.1, -0.05) is 30.3 Å². The summed E-state index contributed by atoms with van der Waals surface area (Å²) in [5.74, 6) is 1.64. The Hall–Kier alpha value is -3.60. The van der Waals surface area contributed by atoms with Gasteiger partial charge in [0.05, 0.1) is 13.2 Å². The topological polar surface area (TPSA) is 67.3 Å². The fourth-order valence-electron chi connectivity index (χ4n) is 3.30. The Morgan fingerprint density at radius 3 is 2.68 bits per heavy atom. The van der Waals surface area contributed by atoms with E-state index in [2.05, 4.69) is 15.3 Å². The molecule has 28 heavy (non-hydrogen) atoms. The smallest absolute Gasteiger partial charge is 0.147 e. The number of aryl methyl sites for hydroxylation is 1. The molecule has 0 saturated heterocycles. The molecular formula is C23H21N3O2. The van der Waals surface area contributed by atoms with Crippen LogP contribution in [0.3, 0.4) is 0 Å². The van der Waals surface area contributed by atoms with Crippen LogP contribution < -0.4 is 10.1 Å². The van der Waals surface area contributed by atoms with Gasteiger partial charge in [-0.25, -0.2) is 4.98 Å². The number of aromatic nitrogens is 2. The number of anilines is 1. The van der Waals surface area contributed by atoms with Crippen molar-refractivity contribution in [1.82, 2.24) is 9.97 Å². The monoisotopic (exact) mass is 371 g/mol. The van der Waals surface area contributed by atoms with E-state index >= 15 is 0 Å². The van der Waals surface area contributed by atoms with E-state index in [9.17, 15) is 5.11 Å². The number of aromatic hydroxyl groups is 1. The van der Waals surface area contributed by atoms with Crippen LogP contribution in [-0.4, -0.2) is 22.2 Å². The number of phenols is 1. The Morgan fingerprint density at radius 1 is 0.964 bits per heavy atom. The summed E-state index contributed by atoms with van der Waals surface area (Å²) in [6, 6.07) is 19.1. The SMILES string of the molecule is COc1cccc([C@@H](Nc2cc(C)ccn2)c2ccc3cccnc3c2O)c1. The van der Waals surface area contributed by atoms with Crippen LogP contribution in [0.25, 0.3) is 10.9 Å². The molecule has 0 saturated carbocycles. The van der Waals surface area contributed by atoms with Gasteiger partial charge in [0.15, 0.2) is 0 Å². The molecule has 2 aromatic carbocycles. The molecule has 140 valence electrons. The summed E-state index contributed by atoms with van der Waals surface area (Å²) in [7, 11) is 1.64. The number of hydrogen-bond donors (Lipinski definition) is 2. The Bertz CT molecular complexity index is 1130. The van der Waals surface area contributed by atoms with Crippen LogP contribution in [0, 0.1) is 6.92 Å². The van der Waals surface area contributed by atoms with Crippen LogP contribution in [-0.2, 0) is 0 Å². The normalized spacial score (nSPS) is 11.9. The molecule has 0 bridgehead atoms. The molecule has 1 atom stereocenters. The number of hydrogen-bond acceptors (Lipinski definition) is 5. The van der Waals surface area contributed by atoms with Gasteiger partial charge in [-0.3, -0.25) is 4.98 Å². The molecule has 4 rings (SSSR count). The Morgan fingerprint density at radius 2 is 1.86 bits per heavy atom. The fraction of sp³-hybridized carbons (Fsp3) is 0.130. The Kier molecular flexibility index (Phi) is 4.81. The van der Waals surface area contributed by atoms with Gasteiger partial charge in [-0.2, -0.15) is 0 Å². The van der Waals surface area contributed by atoms with Gasteiger partial charge in [0, 0.05) is 23.3 Å². The first kappa shape index (κ1) is 17.8. The zero-order chi connectivity index (χ0) is 19.5. The number of nitrogens with zero attached hydrogens (tertiary/aromatic N) is 2. The number of ether oxygens (including phenoxy) is 1. The van der Waals surface area contributed by atoms with E-state index in [0.717, 1.165) is 33.6 Å². The van der Waals surface area contributed by atoms with Crippen molar-refractivity contribution in [3.8, 4) is 11.5 Å². The van der Waals surface area contributed by atoms with Gasteiger partial charge in [0.25, 0.3) is 0 Å². The molecule has 0 spiro atoms. The molecule has 0 aliphatic rings. The number of fused-ring (bicyclic) bond motifs is 1. The first-order valence-electron chi connectivity index (χ1n) is 9.05. The number of benzene rings is 2. The second-order valence-electron chi connectivity index (χ2n) is 6.65. The van der Waals surface area contributed by atoms with E-state index in [1.165, 1.54) is 0 Å². The number of rotatable bonds is 5. The number of methoxy groups -OCH3 is 1. The summed E-state index contributed by atoms with van der Waals surface area (Å²) < 4.78 is 5.39. The second-order valence-corrected chi connectivity index (χ2v) is 6.65. The number of pyridine rings is 2. The highest BCUT2D eigenvalue weighted by Gasteiger charge is 2.21. The lowest BCUT2D eigenvalue weighted by molar-refractivity contribution is 0.414. The standard InChI is InChI=1S/C23H21N3O2/c1-15-10-12-24-20(13-15)26-21(17-5-3-7-18(14-17)28-2)19-9-8-16-6-4-11-25-22(16)23(19)27/h3-14,21,27H,1-2H3,(H,24,26)/t21-/m1/s1. The van der Waals surface area contributed by atoms with E-state index in [0.29, 0.717) is 5.52 Å². The minimum absolute atomic E-state index is 0.158. The molecule has 2 aromatic heterocycles. The van der Waals surface area contributed by atoms with E-state index in [4.69, 9.17) is 4.74 Å². The van der Waals surface area contributed by atoms with Crippen molar-refractivity contribution >= 4 is 16.7 Å². The van der Waals surface area contributed by atoms with Gasteiger partial charge in [-0.15, -0.1) is 0 Å². The highest BCUT2D eigenvalue weighted by Crippen LogP contribution is 2.37. The molecule has 0 amide bonds. The molecule has 0 aliphatic carbocycles. The largest absolute Gasteiger partial charge is 0.505 e. The van der Waals surface area contributed by atoms with E-state index in [1.54, 1.807) is 19.5 Å². The van der Waals surface area contributed by atoms with Crippen molar-refractivity contribution in [2.75, 3.05) is 12.4 Å². The van der Waals surface area contributed by atoms with Gasteiger partial charge >= 0.3 is 0 Å². The lowest BCUT2D eigenvalue weighted by Crippen LogP contribution is -2.14. The molecule has 5 heteroatoms. The van der Waals surface area contributed by atoms with Gasteiger partial charge in [0.2, 0.25) is 0 Å². The number of nitrogens with one attached hydrogen (secondary N) is 1. The average Bonchev–Trinajstić information content (AvgIpc) is 2.73. The molecular weight excluding hydrogens is 350 g/mol. The van der Waals surface area contributed by atoms with Crippen molar-refractivity contribution in [3.05, 3.63) is 89.7 Å². The summed E-state index contributed by atoms with van der Waals surface area (Å²) >= 11 is 0. The molecule has 0 unspecified atom stereocenters. The fourth-order valence-corrected chi connectivity index (χ4v) is 3.30. The van der Waals surface area contributed by atoms with Gasteiger partial charge < -0.3 is 15.2 Å². The summed E-state index contributed by atoms with van der Waals surface area (Å²) in [6.45, 7) is 2.02. The van der Waals surface area contributed by atoms with Crippen LogP contribution >= 0.6 is 0 Å². The minimum atomic E-state index is -0.323. The maximum atomic E-state index is 11.0. The third-order valence-corrected chi connectivity index (χ3v) is 4.72. The second kappa shape index (κ2) is 7.56. The maximum Gasteiger partial charge on any atom is 0.147 e. The molecule has 0 aliphatic heterocycles. The third-order valence-electron chi connectivity index (χ3n) is 4.72. The zero-order valence-corrected chi connectivity index (χ0v) is 15.8. The zero-order valence-electron chi connectivity index (χ0n) is 15.8. The van der Waals surface area contributed by atoms with Crippen LogP contribution in [0.15, 0.2) is 73.1 Å². The lowest BCUT2D eigenvalue weighted by atomic mass is 9.96. The van der Waals surface area contributed by atoms with Crippen molar-refractivity contribution in [1.29, 1.82) is 0 Å². The first-order valence-corrected chi connectivity index (χ1v) is 9.05. The van der Waals surface area contributed by atoms with Gasteiger partial charge in [-0.05, 0) is 48.4 Å². The summed E-state index contributed by atoms with van der Waals surface area (Å²) in [5, 5.41) is 15.3. The minimum Gasteiger partial charge on any atom is -0.505 e. The molecule has 2 N–H and O–H groups in total. The molecule has 0 radical (unpaired) electrons. The Labute approximate surface area is 163 Å². The van der Waals surface area contributed by atoms with E-state index < -0.39 is 0 Å². The molecule has 5 nitrogen and oxygen atoms in total. The molecule has 2 heterocycles.